The highest BCUT2D eigenvalue weighted by Crippen LogP contribution is 2.16. The number of carboxylic acid groups (broad SMARTS) is 2. The van der Waals surface area contributed by atoms with Gasteiger partial charge in [0.2, 0.25) is 10.0 Å². The first kappa shape index (κ1) is 22.7. The fourth-order valence-corrected chi connectivity index (χ4v) is 3.56. The highest BCUT2D eigenvalue weighted by molar-refractivity contribution is 7.89. The van der Waals surface area contributed by atoms with Gasteiger partial charge in [0.05, 0.1) is 12.0 Å². The Labute approximate surface area is 159 Å². The smallest absolute Gasteiger partial charge is 0.408 e. The number of ether oxygens (including phenoxy) is 1. The molecule has 1 atom stereocenters. The second-order valence-corrected chi connectivity index (χ2v) is 8.15. The molecule has 0 fully saturated rings. The third kappa shape index (κ3) is 7.06. The van der Waals surface area contributed by atoms with Crippen molar-refractivity contribution in [3.8, 4) is 5.75 Å². The zero-order valence-corrected chi connectivity index (χ0v) is 16.4. The van der Waals surface area contributed by atoms with Crippen molar-refractivity contribution in [1.29, 1.82) is 0 Å². The number of carbonyl (C=O) groups is 2. The molecule has 27 heavy (non-hydrogen) atoms. The summed E-state index contributed by atoms with van der Waals surface area (Å²) in [6.07, 6.45) is -1.02. The molecule has 0 aromatic heterocycles. The summed E-state index contributed by atoms with van der Waals surface area (Å²) in [5.74, 6) is -0.692. The van der Waals surface area contributed by atoms with Gasteiger partial charge in [-0.05, 0) is 43.0 Å². The van der Waals surface area contributed by atoms with Crippen LogP contribution in [0.15, 0.2) is 29.2 Å². The molecule has 1 unspecified atom stereocenters. The predicted molar refractivity (Wildman–Crippen MR) is 98.4 cm³/mol. The van der Waals surface area contributed by atoms with Crippen LogP contribution in [0.25, 0.3) is 0 Å². The maximum Gasteiger partial charge on any atom is 0.408 e. The molecule has 152 valence electrons. The maximum absolute atomic E-state index is 12.2. The molecular formula is C17H26N2O7S. The quantitative estimate of drug-likeness (QED) is 0.481. The number of rotatable bonds is 11. The number of nitrogens with zero attached hydrogens (tertiary/aromatic N) is 1. The Morgan fingerprint density at radius 2 is 1.78 bits per heavy atom. The first-order valence-corrected chi connectivity index (χ1v) is 9.93. The lowest BCUT2D eigenvalue weighted by Crippen LogP contribution is -2.46. The number of sulfonamides is 1. The van der Waals surface area contributed by atoms with E-state index in [-0.39, 0.29) is 36.7 Å². The minimum absolute atomic E-state index is 0.00141. The topological polar surface area (TPSA) is 133 Å². The van der Waals surface area contributed by atoms with Crippen molar-refractivity contribution in [2.45, 2.75) is 37.6 Å². The molecule has 10 heteroatoms. The fourth-order valence-electron chi connectivity index (χ4n) is 2.49. The molecule has 0 bridgehead atoms. The van der Waals surface area contributed by atoms with Gasteiger partial charge in [-0.2, -0.15) is 0 Å². The zero-order chi connectivity index (χ0) is 20.6. The van der Waals surface area contributed by atoms with Crippen molar-refractivity contribution in [2.75, 3.05) is 20.2 Å². The summed E-state index contributed by atoms with van der Waals surface area (Å²) in [5.41, 5.74) is 0. The Bertz CT molecular complexity index is 732. The van der Waals surface area contributed by atoms with Crippen LogP contribution in [0.3, 0.4) is 0 Å². The molecule has 0 heterocycles. The van der Waals surface area contributed by atoms with E-state index in [0.717, 1.165) is 4.90 Å². The van der Waals surface area contributed by atoms with Crippen LogP contribution in [0, 0.1) is 5.92 Å². The predicted octanol–water partition coefficient (Wildman–Crippen LogP) is 1.84. The largest absolute Gasteiger partial charge is 0.497 e. The zero-order valence-electron chi connectivity index (χ0n) is 15.6. The van der Waals surface area contributed by atoms with Gasteiger partial charge in [0.15, 0.2) is 0 Å². The Morgan fingerprint density at radius 3 is 2.22 bits per heavy atom. The Hall–Kier alpha value is -2.33. The highest BCUT2D eigenvalue weighted by Gasteiger charge is 2.29. The van der Waals surface area contributed by atoms with E-state index in [1.165, 1.54) is 31.4 Å². The molecule has 1 rings (SSSR count). The van der Waals surface area contributed by atoms with Crippen LogP contribution in [0.5, 0.6) is 5.75 Å². The second kappa shape index (κ2) is 10.1. The number of hydrogen-bond donors (Lipinski definition) is 3. The average Bonchev–Trinajstić information content (AvgIpc) is 2.59. The van der Waals surface area contributed by atoms with E-state index in [2.05, 4.69) is 4.72 Å². The van der Waals surface area contributed by atoms with E-state index < -0.39 is 28.1 Å². The molecule has 1 aromatic rings. The Balaban J connectivity index is 2.67. The van der Waals surface area contributed by atoms with Crippen LogP contribution < -0.4 is 9.46 Å². The molecule has 0 aliphatic rings. The molecule has 0 saturated carbocycles. The first-order chi connectivity index (χ1) is 12.6. The van der Waals surface area contributed by atoms with Gasteiger partial charge in [0, 0.05) is 13.1 Å². The maximum atomic E-state index is 12.2. The third-order valence-corrected chi connectivity index (χ3v) is 5.32. The minimum Gasteiger partial charge on any atom is -0.497 e. The summed E-state index contributed by atoms with van der Waals surface area (Å²) in [4.78, 5) is 23.7. The van der Waals surface area contributed by atoms with Gasteiger partial charge in [-0.3, -0.25) is 4.90 Å². The Kier molecular flexibility index (Phi) is 8.51. The Morgan fingerprint density at radius 1 is 1.19 bits per heavy atom. The van der Waals surface area contributed by atoms with Crippen LogP contribution in [-0.2, 0) is 14.8 Å². The standard InChI is InChI=1S/C17H26N2O7S/c1-12(2)11-15(16(20)21)19(17(22)23)10-4-9-18-27(24,25)14-7-5-13(26-3)6-8-14/h5-8,12,15,18H,4,9-11H2,1-3H3,(H,20,21)(H,22,23). The molecule has 3 N–H and O–H groups in total. The van der Waals surface area contributed by atoms with E-state index in [1.54, 1.807) is 13.8 Å². The van der Waals surface area contributed by atoms with Gasteiger partial charge in [-0.1, -0.05) is 13.8 Å². The van der Waals surface area contributed by atoms with Crippen molar-refractivity contribution >= 4 is 22.1 Å². The van der Waals surface area contributed by atoms with Gasteiger partial charge in [0.25, 0.3) is 0 Å². The summed E-state index contributed by atoms with van der Waals surface area (Å²) < 4.78 is 31.8. The summed E-state index contributed by atoms with van der Waals surface area (Å²) in [7, 11) is -2.27. The van der Waals surface area contributed by atoms with Crippen molar-refractivity contribution in [3.05, 3.63) is 24.3 Å². The molecule has 0 spiro atoms. The summed E-state index contributed by atoms with van der Waals surface area (Å²) in [6, 6.07) is 4.66. The van der Waals surface area contributed by atoms with Gasteiger partial charge < -0.3 is 14.9 Å². The number of methoxy groups -OCH3 is 1. The van der Waals surface area contributed by atoms with Gasteiger partial charge in [0.1, 0.15) is 11.8 Å². The van der Waals surface area contributed by atoms with E-state index in [0.29, 0.717) is 5.75 Å². The minimum atomic E-state index is -3.75. The van der Waals surface area contributed by atoms with Crippen LogP contribution in [0.4, 0.5) is 4.79 Å². The van der Waals surface area contributed by atoms with Crippen LogP contribution in [0.1, 0.15) is 26.7 Å². The molecule has 1 amide bonds. The second-order valence-electron chi connectivity index (χ2n) is 6.39. The van der Waals surface area contributed by atoms with Gasteiger partial charge in [-0.25, -0.2) is 22.7 Å². The summed E-state index contributed by atoms with van der Waals surface area (Å²) in [6.45, 7) is 3.49. The number of nitrogens with one attached hydrogen (secondary N) is 1. The molecule has 9 nitrogen and oxygen atoms in total. The lowest BCUT2D eigenvalue weighted by atomic mass is 10.0. The van der Waals surface area contributed by atoms with E-state index in [1.807, 2.05) is 0 Å². The van der Waals surface area contributed by atoms with Crippen LogP contribution in [0.2, 0.25) is 0 Å². The normalized spacial score (nSPS) is 12.6. The molecule has 0 saturated heterocycles. The van der Waals surface area contributed by atoms with Crippen molar-refractivity contribution in [3.63, 3.8) is 0 Å². The van der Waals surface area contributed by atoms with Crippen LogP contribution in [-0.4, -0.2) is 61.8 Å². The third-order valence-electron chi connectivity index (χ3n) is 3.84. The number of carboxylic acids is 1. The van der Waals surface area contributed by atoms with Crippen molar-refractivity contribution in [1.82, 2.24) is 9.62 Å². The van der Waals surface area contributed by atoms with E-state index >= 15 is 0 Å². The van der Waals surface area contributed by atoms with Crippen molar-refractivity contribution < 1.29 is 33.0 Å². The molecule has 0 aliphatic heterocycles. The molecular weight excluding hydrogens is 376 g/mol. The van der Waals surface area contributed by atoms with Gasteiger partial charge in [-0.15, -0.1) is 0 Å². The lowest BCUT2D eigenvalue weighted by molar-refractivity contribution is -0.143. The van der Waals surface area contributed by atoms with E-state index in [4.69, 9.17) is 4.74 Å². The summed E-state index contributed by atoms with van der Waals surface area (Å²) >= 11 is 0. The molecule has 0 aliphatic carbocycles. The van der Waals surface area contributed by atoms with Crippen molar-refractivity contribution in [2.24, 2.45) is 5.92 Å². The SMILES string of the molecule is COc1ccc(S(=O)(=O)NCCCN(C(=O)O)C(CC(C)C)C(=O)O)cc1. The monoisotopic (exact) mass is 402 g/mol. The lowest BCUT2D eigenvalue weighted by Gasteiger charge is -2.27. The van der Waals surface area contributed by atoms with E-state index in [9.17, 15) is 28.2 Å². The highest BCUT2D eigenvalue weighted by atomic mass is 32.2. The molecule has 0 radical (unpaired) electrons. The fraction of sp³-hybridized carbons (Fsp3) is 0.529. The average molecular weight is 402 g/mol. The van der Waals surface area contributed by atoms with Crippen LogP contribution >= 0.6 is 0 Å². The number of hydrogen-bond acceptors (Lipinski definition) is 5. The first-order valence-electron chi connectivity index (χ1n) is 8.44. The van der Waals surface area contributed by atoms with Gasteiger partial charge >= 0.3 is 12.1 Å². The summed E-state index contributed by atoms with van der Waals surface area (Å²) in [5, 5.41) is 18.6. The molecule has 1 aromatic carbocycles. The number of amides is 1. The number of benzene rings is 1. The number of aliphatic carboxylic acids is 1.